The van der Waals surface area contributed by atoms with Crippen LogP contribution in [0, 0.1) is 11.3 Å². The lowest BCUT2D eigenvalue weighted by atomic mass is 10.1. The van der Waals surface area contributed by atoms with Crippen LogP contribution in [0.3, 0.4) is 0 Å². The fourth-order valence-electron chi connectivity index (χ4n) is 3.24. The maximum atomic E-state index is 12.6. The number of aromatic nitrogens is 1. The molecule has 1 aromatic heterocycles. The molecule has 1 N–H and O–H groups in total. The Balaban J connectivity index is 2.06. The van der Waals surface area contributed by atoms with E-state index in [0.717, 1.165) is 5.56 Å². The first-order chi connectivity index (χ1) is 14.0. The number of hydrogen-bond acceptors (Lipinski definition) is 4. The molecule has 0 spiro atoms. The number of nitriles is 1. The molecule has 0 saturated carbocycles. The second-order valence-electron chi connectivity index (χ2n) is 6.06. The molecule has 3 aromatic rings. The summed E-state index contributed by atoms with van der Waals surface area (Å²) in [5, 5.41) is 13.0. The smallest absolute Gasteiger partial charge is 0.411 e. The first-order valence-corrected chi connectivity index (χ1v) is 9.03. The Labute approximate surface area is 166 Å². The van der Waals surface area contributed by atoms with E-state index in [-0.39, 0.29) is 12.4 Å². The van der Waals surface area contributed by atoms with Gasteiger partial charge in [0.25, 0.3) is 0 Å². The van der Waals surface area contributed by atoms with Gasteiger partial charge in [0.05, 0.1) is 23.4 Å². The fraction of sp³-hybridized carbons (Fsp3) is 0.238. The van der Waals surface area contributed by atoms with Gasteiger partial charge >= 0.3 is 12.7 Å². The van der Waals surface area contributed by atoms with Crippen molar-refractivity contribution in [2.75, 3.05) is 11.9 Å². The number of amides is 1. The van der Waals surface area contributed by atoms with Crippen LogP contribution in [0.5, 0.6) is 5.75 Å². The SMILES string of the molecule is CCOC(=O)Nc1ccc(-c2c(C#N)c3ccc(OC(F)F)cc3n2CC)cc1. The van der Waals surface area contributed by atoms with E-state index in [1.807, 2.05) is 11.5 Å². The van der Waals surface area contributed by atoms with Gasteiger partial charge in [0.2, 0.25) is 0 Å². The minimum absolute atomic E-state index is 0.0322. The van der Waals surface area contributed by atoms with Crippen molar-refractivity contribution in [3.8, 4) is 23.1 Å². The number of rotatable bonds is 6. The molecule has 0 aliphatic rings. The van der Waals surface area contributed by atoms with Crippen LogP contribution in [0.1, 0.15) is 19.4 Å². The molecule has 1 amide bonds. The maximum Gasteiger partial charge on any atom is 0.411 e. The third-order valence-corrected chi connectivity index (χ3v) is 4.37. The van der Waals surface area contributed by atoms with Gasteiger partial charge in [0.1, 0.15) is 11.8 Å². The zero-order valence-electron chi connectivity index (χ0n) is 15.9. The lowest BCUT2D eigenvalue weighted by Crippen LogP contribution is -2.13. The van der Waals surface area contributed by atoms with Crippen molar-refractivity contribution in [1.82, 2.24) is 4.57 Å². The minimum atomic E-state index is -2.92. The minimum Gasteiger partial charge on any atom is -0.450 e. The third-order valence-electron chi connectivity index (χ3n) is 4.37. The maximum absolute atomic E-state index is 12.6. The monoisotopic (exact) mass is 399 g/mol. The number of nitrogens with zero attached hydrogens (tertiary/aromatic N) is 2. The summed E-state index contributed by atoms with van der Waals surface area (Å²) in [4.78, 5) is 11.5. The Hall–Kier alpha value is -3.60. The predicted octanol–water partition coefficient (Wildman–Crippen LogP) is 5.37. The number of nitrogens with one attached hydrogen (secondary N) is 1. The number of fused-ring (bicyclic) bond motifs is 1. The van der Waals surface area contributed by atoms with Crippen molar-refractivity contribution in [2.24, 2.45) is 0 Å². The van der Waals surface area contributed by atoms with Gasteiger partial charge in [-0.05, 0) is 43.7 Å². The topological polar surface area (TPSA) is 76.3 Å². The Morgan fingerprint density at radius 1 is 1.21 bits per heavy atom. The van der Waals surface area contributed by atoms with E-state index < -0.39 is 12.7 Å². The van der Waals surface area contributed by atoms with E-state index in [1.165, 1.54) is 12.1 Å². The number of carbonyl (C=O) groups is 1. The van der Waals surface area contributed by atoms with Crippen LogP contribution in [-0.2, 0) is 11.3 Å². The van der Waals surface area contributed by atoms with Crippen molar-refractivity contribution in [3.63, 3.8) is 0 Å². The van der Waals surface area contributed by atoms with Crippen molar-refractivity contribution >= 4 is 22.7 Å². The Morgan fingerprint density at radius 3 is 2.52 bits per heavy atom. The van der Waals surface area contributed by atoms with E-state index in [9.17, 15) is 18.8 Å². The summed E-state index contributed by atoms with van der Waals surface area (Å²) in [5.74, 6) is 0.0322. The van der Waals surface area contributed by atoms with Gasteiger partial charge in [-0.1, -0.05) is 12.1 Å². The molecule has 0 aliphatic carbocycles. The molecule has 0 atom stereocenters. The van der Waals surface area contributed by atoms with Gasteiger partial charge in [0.15, 0.2) is 0 Å². The molecule has 0 fully saturated rings. The fourth-order valence-corrected chi connectivity index (χ4v) is 3.24. The highest BCUT2D eigenvalue weighted by atomic mass is 19.3. The molecule has 0 saturated heterocycles. The second kappa shape index (κ2) is 8.61. The van der Waals surface area contributed by atoms with E-state index in [2.05, 4.69) is 16.1 Å². The van der Waals surface area contributed by atoms with Crippen LogP contribution < -0.4 is 10.1 Å². The van der Waals surface area contributed by atoms with Gasteiger partial charge in [-0.2, -0.15) is 14.0 Å². The molecule has 6 nitrogen and oxygen atoms in total. The van der Waals surface area contributed by atoms with Crippen LogP contribution in [-0.4, -0.2) is 23.9 Å². The van der Waals surface area contributed by atoms with Crippen molar-refractivity contribution in [1.29, 1.82) is 5.26 Å². The van der Waals surface area contributed by atoms with E-state index >= 15 is 0 Å². The molecule has 150 valence electrons. The van der Waals surface area contributed by atoms with Crippen LogP contribution >= 0.6 is 0 Å². The lowest BCUT2D eigenvalue weighted by molar-refractivity contribution is -0.0497. The molecule has 0 bridgehead atoms. The second-order valence-corrected chi connectivity index (χ2v) is 6.06. The Bertz CT molecular complexity index is 1070. The molecule has 0 radical (unpaired) electrons. The van der Waals surface area contributed by atoms with Gasteiger partial charge < -0.3 is 14.0 Å². The number of hydrogen-bond donors (Lipinski definition) is 1. The summed E-state index contributed by atoms with van der Waals surface area (Å²) in [6.07, 6.45) is -0.549. The summed E-state index contributed by atoms with van der Waals surface area (Å²) in [6.45, 7) is 1.49. The van der Waals surface area contributed by atoms with Crippen molar-refractivity contribution in [2.45, 2.75) is 27.0 Å². The third kappa shape index (κ3) is 4.14. The highest BCUT2D eigenvalue weighted by Crippen LogP contribution is 2.36. The van der Waals surface area contributed by atoms with Crippen molar-refractivity contribution < 1.29 is 23.0 Å². The normalized spacial score (nSPS) is 10.8. The first kappa shape index (κ1) is 20.1. The number of anilines is 1. The average Bonchev–Trinajstić information content (AvgIpc) is 3.01. The van der Waals surface area contributed by atoms with Gasteiger partial charge in [-0.25, -0.2) is 4.79 Å². The largest absolute Gasteiger partial charge is 0.450 e. The highest BCUT2D eigenvalue weighted by Gasteiger charge is 2.19. The standard InChI is InChI=1S/C21H19F2N3O3/c1-3-26-18-11-15(29-20(22)23)9-10-16(18)17(12-24)19(26)13-5-7-14(8-6-13)25-21(27)28-4-2/h5-11,20H,3-4H2,1-2H3,(H,25,27). The quantitative estimate of drug-likeness (QED) is 0.605. The summed E-state index contributed by atoms with van der Waals surface area (Å²) in [5.41, 5.74) is 3.05. The van der Waals surface area contributed by atoms with Crippen LogP contribution in [0.4, 0.5) is 19.3 Å². The van der Waals surface area contributed by atoms with Crippen LogP contribution in [0.15, 0.2) is 42.5 Å². The molecule has 0 unspecified atom stereocenters. The number of benzene rings is 2. The van der Waals surface area contributed by atoms with E-state index in [4.69, 9.17) is 4.74 Å². The number of carbonyl (C=O) groups excluding carboxylic acids is 1. The number of ether oxygens (including phenoxy) is 2. The predicted molar refractivity (Wildman–Crippen MR) is 105 cm³/mol. The molecule has 1 heterocycles. The highest BCUT2D eigenvalue weighted by molar-refractivity contribution is 5.95. The van der Waals surface area contributed by atoms with Crippen molar-refractivity contribution in [3.05, 3.63) is 48.0 Å². The van der Waals surface area contributed by atoms with E-state index in [1.54, 1.807) is 37.3 Å². The van der Waals surface area contributed by atoms with Crippen LogP contribution in [0.25, 0.3) is 22.2 Å². The molecule has 8 heteroatoms. The van der Waals surface area contributed by atoms with Gasteiger partial charge in [0, 0.05) is 23.7 Å². The van der Waals surface area contributed by atoms with E-state index in [0.29, 0.717) is 34.4 Å². The van der Waals surface area contributed by atoms with Gasteiger partial charge in [-0.3, -0.25) is 5.32 Å². The number of aryl methyl sites for hydroxylation is 1. The van der Waals surface area contributed by atoms with Gasteiger partial charge in [-0.15, -0.1) is 0 Å². The summed E-state index contributed by atoms with van der Waals surface area (Å²) >= 11 is 0. The molecule has 3 rings (SSSR count). The Morgan fingerprint density at radius 2 is 1.93 bits per heavy atom. The Kier molecular flexibility index (Phi) is 5.98. The first-order valence-electron chi connectivity index (χ1n) is 9.03. The molecular weight excluding hydrogens is 380 g/mol. The van der Waals surface area contributed by atoms with Crippen LogP contribution in [0.2, 0.25) is 0 Å². The number of halogens is 2. The summed E-state index contributed by atoms with van der Waals surface area (Å²) in [7, 11) is 0. The molecule has 2 aromatic carbocycles. The molecule has 0 aliphatic heterocycles. The zero-order valence-corrected chi connectivity index (χ0v) is 15.9. The number of alkyl halides is 2. The summed E-state index contributed by atoms with van der Waals surface area (Å²) in [6, 6.07) is 13.7. The average molecular weight is 399 g/mol. The summed E-state index contributed by atoms with van der Waals surface area (Å²) < 4.78 is 36.4. The molecule has 29 heavy (non-hydrogen) atoms. The lowest BCUT2D eigenvalue weighted by Gasteiger charge is -2.11. The zero-order chi connectivity index (χ0) is 21.0. The molecular formula is C21H19F2N3O3.